The number of benzene rings is 1. The Balaban J connectivity index is 1.76. The summed E-state index contributed by atoms with van der Waals surface area (Å²) in [7, 11) is 0. The average molecular weight is 347 g/mol. The zero-order valence-electron chi connectivity index (χ0n) is 13.1. The number of aromatic nitrogens is 4. The fourth-order valence-corrected chi connectivity index (χ4v) is 2.29. The van der Waals surface area contributed by atoms with Gasteiger partial charge in [0.25, 0.3) is 0 Å². The predicted octanol–water partition coefficient (Wildman–Crippen LogP) is 4.22. The van der Waals surface area contributed by atoms with Crippen LogP contribution >= 0.6 is 11.6 Å². The van der Waals surface area contributed by atoms with E-state index in [1.165, 1.54) is 18.3 Å². The van der Waals surface area contributed by atoms with Crippen LogP contribution in [0.5, 0.6) is 0 Å². The molecule has 0 unspecified atom stereocenters. The molecule has 0 fully saturated rings. The van der Waals surface area contributed by atoms with E-state index in [1.54, 1.807) is 12.1 Å². The maximum Gasteiger partial charge on any atom is 0.225 e. The van der Waals surface area contributed by atoms with Crippen molar-refractivity contribution in [3.05, 3.63) is 58.6 Å². The number of hydrogen-bond donors (Lipinski definition) is 3. The third kappa shape index (κ3) is 3.80. The van der Waals surface area contributed by atoms with Crippen LogP contribution in [0.15, 0.2) is 36.5 Å². The largest absolute Gasteiger partial charge is 0.348 e. The van der Waals surface area contributed by atoms with Gasteiger partial charge in [-0.15, -0.1) is 0 Å². The smallest absolute Gasteiger partial charge is 0.225 e. The lowest BCUT2D eigenvalue weighted by atomic mass is 10.1. The monoisotopic (exact) mass is 346 g/mol. The van der Waals surface area contributed by atoms with Gasteiger partial charge < -0.3 is 10.6 Å². The van der Waals surface area contributed by atoms with Crippen LogP contribution in [0.1, 0.15) is 24.2 Å². The van der Waals surface area contributed by atoms with Crippen molar-refractivity contribution in [2.75, 3.05) is 10.6 Å². The predicted molar refractivity (Wildman–Crippen MR) is 92.1 cm³/mol. The molecule has 0 saturated heterocycles. The van der Waals surface area contributed by atoms with Gasteiger partial charge in [-0.3, -0.25) is 5.10 Å². The molecule has 8 heteroatoms. The molecule has 3 aromatic rings. The van der Waals surface area contributed by atoms with Crippen molar-refractivity contribution in [3.8, 4) is 0 Å². The molecule has 0 aliphatic heterocycles. The second-order valence-corrected chi connectivity index (χ2v) is 5.78. The molecule has 124 valence electrons. The first-order chi connectivity index (χ1) is 11.5. The minimum atomic E-state index is -0.269. The lowest BCUT2D eigenvalue weighted by Crippen LogP contribution is -2.10. The fourth-order valence-electron chi connectivity index (χ4n) is 2.16. The van der Waals surface area contributed by atoms with Gasteiger partial charge in [0, 0.05) is 11.8 Å². The first kappa shape index (κ1) is 16.2. The van der Waals surface area contributed by atoms with Crippen molar-refractivity contribution in [2.45, 2.75) is 19.9 Å². The number of H-pyrrole nitrogens is 1. The molecule has 1 aromatic carbocycles. The Kier molecular flexibility index (Phi) is 4.61. The minimum Gasteiger partial charge on any atom is -0.348 e. The first-order valence-electron chi connectivity index (χ1n) is 7.35. The van der Waals surface area contributed by atoms with Gasteiger partial charge in [0.1, 0.15) is 10.8 Å². The molecule has 3 rings (SSSR count). The molecule has 0 bridgehead atoms. The van der Waals surface area contributed by atoms with E-state index in [0.29, 0.717) is 22.6 Å². The molecule has 0 radical (unpaired) electrons. The number of nitrogens with one attached hydrogen (secondary N) is 3. The summed E-state index contributed by atoms with van der Waals surface area (Å²) in [5.41, 5.74) is 1.85. The van der Waals surface area contributed by atoms with E-state index in [4.69, 9.17) is 11.6 Å². The van der Waals surface area contributed by atoms with E-state index in [0.717, 1.165) is 11.3 Å². The van der Waals surface area contributed by atoms with Crippen LogP contribution in [0.2, 0.25) is 5.02 Å². The Labute approximate surface area is 143 Å². The normalized spacial score (nSPS) is 12.0. The van der Waals surface area contributed by atoms with Gasteiger partial charge in [0.2, 0.25) is 5.95 Å². The van der Waals surface area contributed by atoms with E-state index in [1.807, 2.05) is 19.9 Å². The highest BCUT2D eigenvalue weighted by molar-refractivity contribution is 6.32. The van der Waals surface area contributed by atoms with E-state index < -0.39 is 0 Å². The Morgan fingerprint density at radius 3 is 2.67 bits per heavy atom. The molecule has 0 aliphatic carbocycles. The molecule has 0 amide bonds. The summed E-state index contributed by atoms with van der Waals surface area (Å²) in [5, 5.41) is 13.5. The van der Waals surface area contributed by atoms with Crippen LogP contribution < -0.4 is 10.6 Å². The van der Waals surface area contributed by atoms with Crippen LogP contribution in [0, 0.1) is 12.7 Å². The number of nitrogens with zero attached hydrogens (tertiary/aromatic N) is 3. The second kappa shape index (κ2) is 6.84. The van der Waals surface area contributed by atoms with Gasteiger partial charge in [-0.1, -0.05) is 23.7 Å². The van der Waals surface area contributed by atoms with Crippen LogP contribution in [0.25, 0.3) is 0 Å². The van der Waals surface area contributed by atoms with Gasteiger partial charge in [0.15, 0.2) is 11.6 Å². The summed E-state index contributed by atoms with van der Waals surface area (Å²) in [6.07, 6.45) is 1.51. The van der Waals surface area contributed by atoms with E-state index >= 15 is 0 Å². The average Bonchev–Trinajstić information content (AvgIpc) is 2.96. The highest BCUT2D eigenvalue weighted by Crippen LogP contribution is 2.24. The van der Waals surface area contributed by atoms with E-state index in [2.05, 4.69) is 30.8 Å². The standard InChI is InChI=1S/C16H16ClFN6/c1-9-7-14(24-23-9)21-15-13(17)8-19-16(22-15)20-10(2)11-3-5-12(18)6-4-11/h3-8,10H,1-2H3,(H3,19,20,21,22,23,24)/t10-/m0/s1. The van der Waals surface area contributed by atoms with Gasteiger partial charge in [-0.2, -0.15) is 10.1 Å². The van der Waals surface area contributed by atoms with Crippen LogP contribution in [0.3, 0.4) is 0 Å². The van der Waals surface area contributed by atoms with Crippen molar-refractivity contribution >= 4 is 29.2 Å². The molecule has 2 aromatic heterocycles. The summed E-state index contributed by atoms with van der Waals surface area (Å²) in [5.74, 6) is 1.21. The molecule has 24 heavy (non-hydrogen) atoms. The van der Waals surface area contributed by atoms with Crippen molar-refractivity contribution in [1.82, 2.24) is 20.2 Å². The van der Waals surface area contributed by atoms with Gasteiger partial charge >= 0.3 is 0 Å². The summed E-state index contributed by atoms with van der Waals surface area (Å²) in [6, 6.07) is 8.02. The lowest BCUT2D eigenvalue weighted by Gasteiger charge is -2.15. The van der Waals surface area contributed by atoms with E-state index in [-0.39, 0.29) is 11.9 Å². The van der Waals surface area contributed by atoms with Crippen molar-refractivity contribution in [3.63, 3.8) is 0 Å². The Hall–Kier alpha value is -2.67. The quantitative estimate of drug-likeness (QED) is 0.644. The highest BCUT2D eigenvalue weighted by Gasteiger charge is 2.11. The third-order valence-electron chi connectivity index (χ3n) is 3.41. The molecule has 2 heterocycles. The number of rotatable bonds is 5. The van der Waals surface area contributed by atoms with E-state index in [9.17, 15) is 4.39 Å². The Morgan fingerprint density at radius 1 is 1.25 bits per heavy atom. The maximum atomic E-state index is 13.0. The van der Waals surface area contributed by atoms with Gasteiger partial charge in [0.05, 0.1) is 12.2 Å². The number of halogens is 2. The number of anilines is 3. The molecule has 1 atom stereocenters. The number of hydrogen-bond acceptors (Lipinski definition) is 5. The number of aryl methyl sites for hydroxylation is 1. The molecular weight excluding hydrogens is 331 g/mol. The maximum absolute atomic E-state index is 13.0. The molecule has 0 aliphatic rings. The van der Waals surface area contributed by atoms with Crippen molar-refractivity contribution in [2.24, 2.45) is 0 Å². The Bertz CT molecular complexity index is 833. The van der Waals surface area contributed by atoms with Gasteiger partial charge in [-0.05, 0) is 31.5 Å². The fraction of sp³-hybridized carbons (Fsp3) is 0.188. The topological polar surface area (TPSA) is 78.5 Å². The number of aromatic amines is 1. The summed E-state index contributed by atoms with van der Waals surface area (Å²) in [6.45, 7) is 3.84. The summed E-state index contributed by atoms with van der Waals surface area (Å²) < 4.78 is 13.0. The molecular formula is C16H16ClFN6. The Morgan fingerprint density at radius 2 is 2.00 bits per heavy atom. The molecule has 6 nitrogen and oxygen atoms in total. The van der Waals surface area contributed by atoms with Crippen LogP contribution in [0.4, 0.5) is 22.0 Å². The molecule has 0 spiro atoms. The zero-order valence-corrected chi connectivity index (χ0v) is 13.9. The minimum absolute atomic E-state index is 0.0905. The lowest BCUT2D eigenvalue weighted by molar-refractivity contribution is 0.626. The van der Waals surface area contributed by atoms with Crippen molar-refractivity contribution in [1.29, 1.82) is 0 Å². The van der Waals surface area contributed by atoms with Gasteiger partial charge in [-0.25, -0.2) is 9.37 Å². The highest BCUT2D eigenvalue weighted by atomic mass is 35.5. The summed E-state index contributed by atoms with van der Waals surface area (Å²) >= 11 is 6.13. The summed E-state index contributed by atoms with van der Waals surface area (Å²) in [4.78, 5) is 8.54. The molecule has 0 saturated carbocycles. The first-order valence-corrected chi connectivity index (χ1v) is 7.72. The zero-order chi connectivity index (χ0) is 17.1. The van der Waals surface area contributed by atoms with Crippen LogP contribution in [-0.2, 0) is 0 Å². The third-order valence-corrected chi connectivity index (χ3v) is 3.69. The SMILES string of the molecule is Cc1cc(Nc2nc(N[C@@H](C)c3ccc(F)cc3)ncc2Cl)n[nH]1. The van der Waals surface area contributed by atoms with Crippen LogP contribution in [-0.4, -0.2) is 20.2 Å². The second-order valence-electron chi connectivity index (χ2n) is 5.37. The molecule has 3 N–H and O–H groups in total. The van der Waals surface area contributed by atoms with Crippen molar-refractivity contribution < 1.29 is 4.39 Å².